The highest BCUT2D eigenvalue weighted by atomic mass is 16.5. The van der Waals surface area contributed by atoms with Gasteiger partial charge in [0.2, 0.25) is 0 Å². The molecule has 0 radical (unpaired) electrons. The van der Waals surface area contributed by atoms with E-state index in [4.69, 9.17) is 9.84 Å². The summed E-state index contributed by atoms with van der Waals surface area (Å²) >= 11 is 0. The number of hydrogen-bond donors (Lipinski definition) is 2. The zero-order valence-electron chi connectivity index (χ0n) is 14.8. The molecule has 0 amide bonds. The lowest BCUT2D eigenvalue weighted by atomic mass is 9.85. The van der Waals surface area contributed by atoms with Gasteiger partial charge in [-0.1, -0.05) is 38.7 Å². The summed E-state index contributed by atoms with van der Waals surface area (Å²) in [5, 5.41) is 19.3. The minimum absolute atomic E-state index is 0.124. The first-order chi connectivity index (χ1) is 11.7. The van der Waals surface area contributed by atoms with Crippen LogP contribution < -0.4 is 4.74 Å². The highest BCUT2D eigenvalue weighted by molar-refractivity contribution is 5.87. The lowest BCUT2D eigenvalue weighted by Crippen LogP contribution is -2.13. The molecule has 0 aliphatic carbocycles. The van der Waals surface area contributed by atoms with Crippen LogP contribution in [0.15, 0.2) is 42.5 Å². The smallest absolute Gasteiger partial charge is 0.335 e. The van der Waals surface area contributed by atoms with E-state index >= 15 is 0 Å². The number of benzene rings is 2. The van der Waals surface area contributed by atoms with Crippen LogP contribution in [0, 0.1) is 11.8 Å². The number of aliphatic hydroxyl groups excluding tert-OH is 1. The van der Waals surface area contributed by atoms with E-state index in [1.807, 2.05) is 12.1 Å². The van der Waals surface area contributed by atoms with Crippen molar-refractivity contribution in [2.45, 2.75) is 32.3 Å². The van der Waals surface area contributed by atoms with Gasteiger partial charge < -0.3 is 14.9 Å². The van der Waals surface area contributed by atoms with E-state index in [1.165, 1.54) is 12.1 Å². The average molecular weight is 338 g/mol. The Morgan fingerprint density at radius 1 is 1.12 bits per heavy atom. The molecule has 2 rings (SSSR count). The summed E-state index contributed by atoms with van der Waals surface area (Å²) in [6.45, 7) is 6.24. The molecule has 130 valence electrons. The van der Waals surface area contributed by atoms with Gasteiger partial charge >= 0.3 is 5.97 Å². The summed E-state index contributed by atoms with van der Waals surface area (Å²) in [5.41, 5.74) is 2.42. The molecule has 0 saturated heterocycles. The molecule has 0 saturated carbocycles. The Bertz CT molecular complexity index is 818. The van der Waals surface area contributed by atoms with Gasteiger partial charge in [0.15, 0.2) is 0 Å². The standard InChI is InChI=1S/C21H22O4/c1-21(2,3)17-13-16(10-12-19(17)25-4)18(22)11-7-14-5-8-15(9-6-14)20(23)24/h5-6,8-10,12-13,18,22H,1-4H3,(H,23,24). The number of carboxylic acids is 1. The summed E-state index contributed by atoms with van der Waals surface area (Å²) in [4.78, 5) is 10.8. The first-order valence-corrected chi connectivity index (χ1v) is 7.94. The van der Waals surface area contributed by atoms with Crippen molar-refractivity contribution in [2.75, 3.05) is 7.11 Å². The van der Waals surface area contributed by atoms with Crippen molar-refractivity contribution in [1.29, 1.82) is 0 Å². The Morgan fingerprint density at radius 3 is 2.28 bits per heavy atom. The van der Waals surface area contributed by atoms with Crippen molar-refractivity contribution in [3.63, 3.8) is 0 Å². The van der Waals surface area contributed by atoms with Crippen LogP contribution in [0.3, 0.4) is 0 Å². The molecule has 1 atom stereocenters. The van der Waals surface area contributed by atoms with Gasteiger partial charge in [0.25, 0.3) is 0 Å². The van der Waals surface area contributed by atoms with E-state index in [1.54, 1.807) is 25.3 Å². The Kier molecular flexibility index (Phi) is 5.51. The molecule has 1 unspecified atom stereocenters. The molecule has 2 aromatic carbocycles. The minimum atomic E-state index is -0.979. The van der Waals surface area contributed by atoms with Crippen LogP contribution in [0.25, 0.3) is 0 Å². The second kappa shape index (κ2) is 7.42. The summed E-state index contributed by atoms with van der Waals surface area (Å²) < 4.78 is 5.40. The maximum Gasteiger partial charge on any atom is 0.335 e. The summed E-state index contributed by atoms with van der Waals surface area (Å²) in [6.07, 6.45) is -0.939. The number of carbonyl (C=O) groups is 1. The molecule has 0 aromatic heterocycles. The molecule has 0 bridgehead atoms. The number of carboxylic acid groups (broad SMARTS) is 1. The van der Waals surface area contributed by atoms with Crippen LogP contribution in [-0.4, -0.2) is 23.3 Å². The largest absolute Gasteiger partial charge is 0.496 e. The number of rotatable bonds is 3. The molecule has 0 fully saturated rings. The normalized spacial score (nSPS) is 12.0. The molecule has 2 aromatic rings. The fraction of sp³-hybridized carbons (Fsp3) is 0.286. The zero-order chi connectivity index (χ0) is 18.6. The van der Waals surface area contributed by atoms with Crippen molar-refractivity contribution in [3.8, 4) is 17.6 Å². The lowest BCUT2D eigenvalue weighted by Gasteiger charge is -2.23. The molecule has 25 heavy (non-hydrogen) atoms. The third kappa shape index (κ3) is 4.62. The molecule has 2 N–H and O–H groups in total. The van der Waals surface area contributed by atoms with Gasteiger partial charge in [-0.2, -0.15) is 0 Å². The third-order valence-corrected chi connectivity index (χ3v) is 3.83. The van der Waals surface area contributed by atoms with Gasteiger partial charge in [-0.05, 0) is 52.9 Å². The minimum Gasteiger partial charge on any atom is -0.496 e. The van der Waals surface area contributed by atoms with Crippen LogP contribution >= 0.6 is 0 Å². The van der Waals surface area contributed by atoms with Crippen LogP contribution in [0.1, 0.15) is 53.9 Å². The topological polar surface area (TPSA) is 66.8 Å². The zero-order valence-corrected chi connectivity index (χ0v) is 14.8. The molecule has 0 heterocycles. The van der Waals surface area contributed by atoms with E-state index in [9.17, 15) is 9.90 Å². The fourth-order valence-corrected chi connectivity index (χ4v) is 2.41. The van der Waals surface area contributed by atoms with E-state index in [-0.39, 0.29) is 11.0 Å². The van der Waals surface area contributed by atoms with Crippen molar-refractivity contribution < 1.29 is 19.7 Å². The second-order valence-corrected chi connectivity index (χ2v) is 6.76. The lowest BCUT2D eigenvalue weighted by molar-refractivity contribution is 0.0697. The van der Waals surface area contributed by atoms with E-state index < -0.39 is 12.1 Å². The SMILES string of the molecule is COc1ccc(C(O)C#Cc2ccc(C(=O)O)cc2)cc1C(C)(C)C. The maximum atomic E-state index is 10.8. The number of ether oxygens (including phenoxy) is 1. The molecule has 0 spiro atoms. The van der Waals surface area contributed by atoms with E-state index in [0.29, 0.717) is 11.1 Å². The molecule has 0 aliphatic rings. The molecule has 0 aliphatic heterocycles. The maximum absolute atomic E-state index is 10.8. The molecular formula is C21H22O4. The summed E-state index contributed by atoms with van der Waals surface area (Å²) in [5.74, 6) is 5.47. The molecule has 4 heteroatoms. The van der Waals surface area contributed by atoms with Gasteiger partial charge in [0, 0.05) is 5.56 Å². The van der Waals surface area contributed by atoms with Crippen LogP contribution in [0.4, 0.5) is 0 Å². The third-order valence-electron chi connectivity index (χ3n) is 3.83. The van der Waals surface area contributed by atoms with Crippen molar-refractivity contribution in [1.82, 2.24) is 0 Å². The highest BCUT2D eigenvalue weighted by Gasteiger charge is 2.20. The number of methoxy groups -OCH3 is 1. The van der Waals surface area contributed by atoms with Crippen molar-refractivity contribution >= 4 is 5.97 Å². The molecular weight excluding hydrogens is 316 g/mol. The van der Waals surface area contributed by atoms with E-state index in [2.05, 4.69) is 32.6 Å². The number of aromatic carboxylic acids is 1. The Labute approximate surface area is 148 Å². The van der Waals surface area contributed by atoms with Gasteiger partial charge in [-0.25, -0.2) is 4.79 Å². The van der Waals surface area contributed by atoms with Crippen LogP contribution in [0.2, 0.25) is 0 Å². The Balaban J connectivity index is 2.27. The summed E-state index contributed by atoms with van der Waals surface area (Å²) in [7, 11) is 1.63. The number of aliphatic hydroxyl groups is 1. The van der Waals surface area contributed by atoms with Gasteiger partial charge in [-0.3, -0.25) is 0 Å². The van der Waals surface area contributed by atoms with Crippen molar-refractivity contribution in [2.24, 2.45) is 0 Å². The van der Waals surface area contributed by atoms with Crippen LogP contribution in [-0.2, 0) is 5.41 Å². The average Bonchev–Trinajstić information content (AvgIpc) is 2.58. The predicted molar refractivity (Wildman–Crippen MR) is 96.9 cm³/mol. The van der Waals surface area contributed by atoms with Gasteiger partial charge in [0.05, 0.1) is 12.7 Å². The fourth-order valence-electron chi connectivity index (χ4n) is 2.41. The molecule has 4 nitrogen and oxygen atoms in total. The monoisotopic (exact) mass is 338 g/mol. The quantitative estimate of drug-likeness (QED) is 0.836. The highest BCUT2D eigenvalue weighted by Crippen LogP contribution is 2.33. The van der Waals surface area contributed by atoms with E-state index in [0.717, 1.165) is 11.3 Å². The first kappa shape index (κ1) is 18.6. The summed E-state index contributed by atoms with van der Waals surface area (Å²) in [6, 6.07) is 11.8. The Hall–Kier alpha value is -2.77. The van der Waals surface area contributed by atoms with Gasteiger partial charge in [0.1, 0.15) is 11.9 Å². The van der Waals surface area contributed by atoms with Crippen LogP contribution in [0.5, 0.6) is 5.75 Å². The van der Waals surface area contributed by atoms with Gasteiger partial charge in [-0.15, -0.1) is 0 Å². The van der Waals surface area contributed by atoms with Crippen molar-refractivity contribution in [3.05, 3.63) is 64.7 Å². The Morgan fingerprint density at radius 2 is 1.76 bits per heavy atom. The predicted octanol–water partition coefficient (Wildman–Crippen LogP) is 3.78. The number of hydrogen-bond acceptors (Lipinski definition) is 3. The first-order valence-electron chi connectivity index (χ1n) is 7.94. The second-order valence-electron chi connectivity index (χ2n) is 6.76.